The molecule has 1 aromatic heterocycles. The smallest absolute Gasteiger partial charge is 0.123 e. The normalized spacial score (nSPS) is 18.5. The van der Waals surface area contributed by atoms with Crippen LogP contribution >= 0.6 is 0 Å². The van der Waals surface area contributed by atoms with Gasteiger partial charge < -0.3 is 10.1 Å². The van der Waals surface area contributed by atoms with Crippen molar-refractivity contribution in [2.24, 2.45) is 0 Å². The van der Waals surface area contributed by atoms with E-state index in [2.05, 4.69) is 45.4 Å². The average molecular weight is 421 g/mol. The lowest BCUT2D eigenvalue weighted by molar-refractivity contribution is 0.0342. The number of hydrogen-bond acceptors (Lipinski definition) is 5. The number of fused-ring (bicyclic) bond motifs is 1. The van der Waals surface area contributed by atoms with Crippen molar-refractivity contribution in [3.63, 3.8) is 0 Å². The Hall–Kier alpha value is -2.38. The zero-order valence-electron chi connectivity index (χ0n) is 17.8. The summed E-state index contributed by atoms with van der Waals surface area (Å²) in [5.41, 5.74) is 5.33. The van der Waals surface area contributed by atoms with Crippen LogP contribution in [0.4, 0.5) is 4.39 Å². The number of aromatic nitrogens is 1. The summed E-state index contributed by atoms with van der Waals surface area (Å²) in [6, 6.07) is 15.7. The van der Waals surface area contributed by atoms with Crippen molar-refractivity contribution in [1.82, 2.24) is 20.1 Å². The highest BCUT2D eigenvalue weighted by Crippen LogP contribution is 2.27. The minimum atomic E-state index is -0.212. The highest BCUT2D eigenvalue weighted by molar-refractivity contribution is 5.85. The summed E-state index contributed by atoms with van der Waals surface area (Å²) in [5.74, 6) is -0.212. The van der Waals surface area contributed by atoms with Crippen molar-refractivity contribution in [3.05, 3.63) is 65.5 Å². The van der Waals surface area contributed by atoms with Crippen LogP contribution in [0.3, 0.4) is 0 Å². The molecule has 5 nitrogen and oxygen atoms in total. The number of morpholine rings is 1. The molecule has 0 bridgehead atoms. The van der Waals surface area contributed by atoms with E-state index in [-0.39, 0.29) is 5.82 Å². The van der Waals surface area contributed by atoms with Crippen LogP contribution in [0, 0.1) is 5.82 Å². The second-order valence-corrected chi connectivity index (χ2v) is 8.44. The van der Waals surface area contributed by atoms with Crippen molar-refractivity contribution >= 4 is 10.9 Å². The molecule has 0 amide bonds. The number of benzene rings is 2. The van der Waals surface area contributed by atoms with Gasteiger partial charge >= 0.3 is 0 Å². The minimum absolute atomic E-state index is 0.212. The number of hydrogen-bond donors (Lipinski definition) is 1. The number of rotatable bonds is 5. The van der Waals surface area contributed by atoms with Gasteiger partial charge in [-0.15, -0.1) is 0 Å². The maximum atomic E-state index is 14.0. The van der Waals surface area contributed by atoms with Gasteiger partial charge in [0, 0.05) is 63.3 Å². The number of nitrogens with one attached hydrogen (secondary N) is 1. The van der Waals surface area contributed by atoms with Gasteiger partial charge in [-0.2, -0.15) is 0 Å². The number of ether oxygens (including phenoxy) is 1. The summed E-state index contributed by atoms with van der Waals surface area (Å²) >= 11 is 0. The number of halogens is 1. The first-order chi connectivity index (χ1) is 15.2. The van der Waals surface area contributed by atoms with Crippen molar-refractivity contribution in [3.8, 4) is 11.3 Å². The topological polar surface area (TPSA) is 40.6 Å². The summed E-state index contributed by atoms with van der Waals surface area (Å²) in [7, 11) is 0. The van der Waals surface area contributed by atoms with E-state index in [0.29, 0.717) is 0 Å². The Balaban J connectivity index is 1.42. The van der Waals surface area contributed by atoms with Gasteiger partial charge in [0.15, 0.2) is 0 Å². The zero-order chi connectivity index (χ0) is 21.0. The minimum Gasteiger partial charge on any atom is -0.379 e. The lowest BCUT2D eigenvalue weighted by atomic mass is 10.0. The number of piperazine rings is 1. The summed E-state index contributed by atoms with van der Waals surface area (Å²) < 4.78 is 19.4. The van der Waals surface area contributed by atoms with E-state index in [9.17, 15) is 4.39 Å². The molecule has 0 saturated carbocycles. The van der Waals surface area contributed by atoms with E-state index in [1.54, 1.807) is 12.1 Å². The van der Waals surface area contributed by atoms with Crippen LogP contribution < -0.4 is 5.32 Å². The first-order valence-corrected chi connectivity index (χ1v) is 11.2. The fraction of sp³-hybridized carbons (Fsp3) is 0.400. The molecule has 0 unspecified atom stereocenters. The second kappa shape index (κ2) is 9.40. The van der Waals surface area contributed by atoms with Crippen LogP contribution in [-0.4, -0.2) is 67.3 Å². The molecule has 3 aromatic rings. The van der Waals surface area contributed by atoms with Gasteiger partial charge in [-0.3, -0.25) is 9.80 Å². The van der Waals surface area contributed by atoms with E-state index in [4.69, 9.17) is 9.72 Å². The third-order valence-electron chi connectivity index (χ3n) is 6.22. The largest absolute Gasteiger partial charge is 0.379 e. The zero-order valence-corrected chi connectivity index (χ0v) is 17.8. The van der Waals surface area contributed by atoms with Gasteiger partial charge in [-0.05, 0) is 35.4 Å². The van der Waals surface area contributed by atoms with Crippen LogP contribution in [0.2, 0.25) is 0 Å². The van der Waals surface area contributed by atoms with Crippen LogP contribution in [0.15, 0.2) is 48.5 Å². The molecule has 2 saturated heterocycles. The molecular formula is C25H29FN4O. The van der Waals surface area contributed by atoms with Gasteiger partial charge in [0.1, 0.15) is 5.82 Å². The van der Waals surface area contributed by atoms with Crippen molar-refractivity contribution in [2.45, 2.75) is 13.1 Å². The molecular weight excluding hydrogens is 391 g/mol. The molecule has 31 heavy (non-hydrogen) atoms. The second-order valence-electron chi connectivity index (χ2n) is 8.44. The van der Waals surface area contributed by atoms with E-state index in [1.807, 2.05) is 0 Å². The maximum absolute atomic E-state index is 14.0. The van der Waals surface area contributed by atoms with Crippen molar-refractivity contribution in [2.75, 3.05) is 52.5 Å². The highest BCUT2D eigenvalue weighted by Gasteiger charge is 2.15. The van der Waals surface area contributed by atoms with E-state index >= 15 is 0 Å². The molecule has 2 fully saturated rings. The Morgan fingerprint density at radius 3 is 2.39 bits per heavy atom. The van der Waals surface area contributed by atoms with Gasteiger partial charge in [0.05, 0.1) is 24.4 Å². The third-order valence-corrected chi connectivity index (χ3v) is 6.22. The monoisotopic (exact) mass is 420 g/mol. The predicted molar refractivity (Wildman–Crippen MR) is 121 cm³/mol. The van der Waals surface area contributed by atoms with Gasteiger partial charge in [0.2, 0.25) is 0 Å². The third kappa shape index (κ3) is 4.93. The molecule has 2 aliphatic rings. The maximum Gasteiger partial charge on any atom is 0.123 e. The molecule has 162 valence electrons. The number of pyridine rings is 1. The van der Waals surface area contributed by atoms with Gasteiger partial charge in [0.25, 0.3) is 0 Å². The Kier molecular flexibility index (Phi) is 6.22. The quantitative estimate of drug-likeness (QED) is 0.686. The fourth-order valence-electron chi connectivity index (χ4n) is 4.46. The van der Waals surface area contributed by atoms with Crippen LogP contribution in [0.5, 0.6) is 0 Å². The molecule has 1 N–H and O–H groups in total. The molecule has 2 aromatic carbocycles. The first-order valence-electron chi connectivity index (χ1n) is 11.2. The molecule has 0 atom stereocenters. The van der Waals surface area contributed by atoms with Crippen LogP contribution in [0.1, 0.15) is 11.1 Å². The van der Waals surface area contributed by atoms with E-state index < -0.39 is 0 Å². The standard InChI is InChI=1S/C25H29FN4O/c26-22-5-6-24-23(16-22)21(18-29-9-7-27-8-10-29)15-25(28-24)20-3-1-19(2-4-20)17-30-11-13-31-14-12-30/h1-6,15-16,27H,7-14,17-18H2. The molecule has 0 spiro atoms. The Morgan fingerprint density at radius 1 is 0.871 bits per heavy atom. The molecule has 5 rings (SSSR count). The summed E-state index contributed by atoms with van der Waals surface area (Å²) in [6.07, 6.45) is 0. The first kappa shape index (κ1) is 20.5. The van der Waals surface area contributed by atoms with E-state index in [0.717, 1.165) is 93.3 Å². The van der Waals surface area contributed by atoms with Gasteiger partial charge in [-0.1, -0.05) is 24.3 Å². The molecule has 0 aliphatic carbocycles. The fourth-order valence-corrected chi connectivity index (χ4v) is 4.46. The molecule has 3 heterocycles. The molecule has 2 aliphatic heterocycles. The summed E-state index contributed by atoms with van der Waals surface area (Å²) in [6.45, 7) is 9.36. The Bertz CT molecular complexity index is 1030. The van der Waals surface area contributed by atoms with E-state index in [1.165, 1.54) is 11.6 Å². The lowest BCUT2D eigenvalue weighted by Crippen LogP contribution is -2.42. The summed E-state index contributed by atoms with van der Waals surface area (Å²) in [5, 5.41) is 4.30. The predicted octanol–water partition coefficient (Wildman–Crippen LogP) is 3.28. The highest BCUT2D eigenvalue weighted by atomic mass is 19.1. The Morgan fingerprint density at radius 2 is 1.61 bits per heavy atom. The van der Waals surface area contributed by atoms with Crippen molar-refractivity contribution < 1.29 is 9.13 Å². The molecule has 6 heteroatoms. The Labute approximate surface area is 182 Å². The van der Waals surface area contributed by atoms with Crippen LogP contribution in [-0.2, 0) is 17.8 Å². The van der Waals surface area contributed by atoms with Crippen LogP contribution in [0.25, 0.3) is 22.2 Å². The summed E-state index contributed by atoms with van der Waals surface area (Å²) in [4.78, 5) is 9.71. The lowest BCUT2D eigenvalue weighted by Gasteiger charge is -2.27. The van der Waals surface area contributed by atoms with Crippen molar-refractivity contribution in [1.29, 1.82) is 0 Å². The number of nitrogens with zero attached hydrogens (tertiary/aromatic N) is 3. The average Bonchev–Trinajstić information content (AvgIpc) is 2.81. The SMILES string of the molecule is Fc1ccc2nc(-c3ccc(CN4CCOCC4)cc3)cc(CN3CCNCC3)c2c1. The molecule has 0 radical (unpaired) electrons. The van der Waals surface area contributed by atoms with Gasteiger partial charge in [-0.25, -0.2) is 9.37 Å².